The summed E-state index contributed by atoms with van der Waals surface area (Å²) >= 11 is 0. The van der Waals surface area contributed by atoms with Crippen LogP contribution in [-0.4, -0.2) is 23.0 Å². The number of nitrogens with one attached hydrogen (secondary N) is 2. The van der Waals surface area contributed by atoms with Gasteiger partial charge in [-0.1, -0.05) is 13.8 Å². The van der Waals surface area contributed by atoms with Crippen LogP contribution in [-0.2, 0) is 9.59 Å². The Morgan fingerprint density at radius 3 is 2.21 bits per heavy atom. The molecule has 0 radical (unpaired) electrons. The second-order valence-electron chi connectivity index (χ2n) is 3.10. The molecule has 0 unspecified atom stereocenters. The Balaban J connectivity index is 3.57. The normalized spacial score (nSPS) is 10.2. The van der Waals surface area contributed by atoms with Gasteiger partial charge in [-0.05, 0) is 12.8 Å². The van der Waals surface area contributed by atoms with Crippen molar-refractivity contribution in [2.75, 3.05) is 0 Å². The summed E-state index contributed by atoms with van der Waals surface area (Å²) in [5.74, 6) is -1.23. The van der Waals surface area contributed by atoms with Gasteiger partial charge < -0.3 is 5.11 Å². The lowest BCUT2D eigenvalue weighted by Crippen LogP contribution is -2.43. The van der Waals surface area contributed by atoms with E-state index in [-0.39, 0.29) is 24.8 Å². The zero-order valence-corrected chi connectivity index (χ0v) is 8.67. The largest absolute Gasteiger partial charge is 0.481 e. The van der Waals surface area contributed by atoms with Gasteiger partial charge in [-0.25, -0.2) is 5.43 Å². The van der Waals surface area contributed by atoms with Gasteiger partial charge in [-0.3, -0.25) is 15.0 Å². The Morgan fingerprint density at radius 2 is 1.79 bits per heavy atom. The molecular formula is C9H18N2O3. The second kappa shape index (κ2) is 7.32. The third kappa shape index (κ3) is 6.42. The molecule has 0 aromatic rings. The van der Waals surface area contributed by atoms with Crippen LogP contribution in [0.3, 0.4) is 0 Å². The second-order valence-corrected chi connectivity index (χ2v) is 3.10. The van der Waals surface area contributed by atoms with Crippen LogP contribution < -0.4 is 10.9 Å². The maximum Gasteiger partial charge on any atom is 0.303 e. The van der Waals surface area contributed by atoms with Crippen molar-refractivity contribution < 1.29 is 14.7 Å². The van der Waals surface area contributed by atoms with Gasteiger partial charge >= 0.3 is 5.97 Å². The summed E-state index contributed by atoms with van der Waals surface area (Å²) in [7, 11) is 0. The Hall–Kier alpha value is -1.10. The monoisotopic (exact) mass is 202 g/mol. The van der Waals surface area contributed by atoms with E-state index in [1.807, 2.05) is 13.8 Å². The third-order valence-electron chi connectivity index (χ3n) is 1.97. The first-order valence-corrected chi connectivity index (χ1v) is 4.86. The van der Waals surface area contributed by atoms with Gasteiger partial charge in [0.1, 0.15) is 0 Å². The molecule has 0 aliphatic carbocycles. The topological polar surface area (TPSA) is 78.4 Å². The average Bonchev–Trinajstić information content (AvgIpc) is 2.16. The highest BCUT2D eigenvalue weighted by molar-refractivity contribution is 5.80. The maximum absolute atomic E-state index is 11.0. The molecule has 0 aliphatic rings. The number of rotatable bonds is 7. The average molecular weight is 202 g/mol. The lowest BCUT2D eigenvalue weighted by molar-refractivity contribution is -0.139. The molecule has 0 saturated heterocycles. The fourth-order valence-corrected chi connectivity index (χ4v) is 0.958. The van der Waals surface area contributed by atoms with Crippen LogP contribution in [0.4, 0.5) is 0 Å². The van der Waals surface area contributed by atoms with E-state index in [0.29, 0.717) is 0 Å². The minimum Gasteiger partial charge on any atom is -0.481 e. The predicted octanol–water partition coefficient (Wildman–Crippen LogP) is 0.661. The molecule has 0 saturated carbocycles. The maximum atomic E-state index is 11.0. The molecule has 0 fully saturated rings. The highest BCUT2D eigenvalue weighted by Gasteiger charge is 2.06. The Morgan fingerprint density at radius 1 is 1.21 bits per heavy atom. The molecule has 5 nitrogen and oxygen atoms in total. The van der Waals surface area contributed by atoms with Crippen LogP contribution in [0.5, 0.6) is 0 Å². The van der Waals surface area contributed by atoms with Crippen LogP contribution in [0.25, 0.3) is 0 Å². The van der Waals surface area contributed by atoms with E-state index in [4.69, 9.17) is 5.11 Å². The lowest BCUT2D eigenvalue weighted by Gasteiger charge is -2.14. The zero-order valence-electron chi connectivity index (χ0n) is 8.67. The van der Waals surface area contributed by atoms with Gasteiger partial charge in [0.2, 0.25) is 5.91 Å². The minimum absolute atomic E-state index is 0.0164. The van der Waals surface area contributed by atoms with Crippen molar-refractivity contribution in [2.24, 2.45) is 0 Å². The lowest BCUT2D eigenvalue weighted by atomic mass is 10.2. The number of carbonyl (C=O) groups excluding carboxylic acids is 1. The smallest absolute Gasteiger partial charge is 0.303 e. The molecule has 82 valence electrons. The molecule has 0 bridgehead atoms. The molecule has 5 heteroatoms. The molecule has 3 N–H and O–H groups in total. The van der Waals surface area contributed by atoms with Gasteiger partial charge in [-0.2, -0.15) is 0 Å². The number of carboxylic acid groups (broad SMARTS) is 1. The Bertz CT molecular complexity index is 190. The van der Waals surface area contributed by atoms with Crippen molar-refractivity contribution in [2.45, 2.75) is 45.6 Å². The fourth-order valence-electron chi connectivity index (χ4n) is 0.958. The number of amides is 1. The highest BCUT2D eigenvalue weighted by Crippen LogP contribution is 1.94. The summed E-state index contributed by atoms with van der Waals surface area (Å²) in [6.07, 6.45) is 1.74. The van der Waals surface area contributed by atoms with E-state index >= 15 is 0 Å². The van der Waals surface area contributed by atoms with Crippen molar-refractivity contribution >= 4 is 11.9 Å². The van der Waals surface area contributed by atoms with Crippen LogP contribution in [0, 0.1) is 0 Å². The highest BCUT2D eigenvalue weighted by atomic mass is 16.4. The fraction of sp³-hybridized carbons (Fsp3) is 0.778. The molecule has 14 heavy (non-hydrogen) atoms. The number of carbonyl (C=O) groups is 2. The van der Waals surface area contributed by atoms with Gasteiger partial charge in [0.15, 0.2) is 0 Å². The number of aliphatic carboxylic acids is 1. The number of carboxylic acids is 1. The van der Waals surface area contributed by atoms with Crippen molar-refractivity contribution in [3.8, 4) is 0 Å². The third-order valence-corrected chi connectivity index (χ3v) is 1.97. The summed E-state index contributed by atoms with van der Waals surface area (Å²) in [6.45, 7) is 4.04. The minimum atomic E-state index is -0.956. The predicted molar refractivity (Wildman–Crippen MR) is 52.5 cm³/mol. The number of hydrogen-bond acceptors (Lipinski definition) is 3. The zero-order chi connectivity index (χ0) is 11.0. The first-order chi connectivity index (χ1) is 6.60. The molecule has 0 spiro atoms. The first kappa shape index (κ1) is 12.9. The molecular weight excluding hydrogens is 184 g/mol. The van der Waals surface area contributed by atoms with Crippen LogP contribution in [0.2, 0.25) is 0 Å². The van der Waals surface area contributed by atoms with Crippen LogP contribution in [0.1, 0.15) is 39.5 Å². The first-order valence-electron chi connectivity index (χ1n) is 4.86. The SMILES string of the molecule is CCC(CC)NNC(=O)CCC(=O)O. The van der Waals surface area contributed by atoms with Gasteiger partial charge in [-0.15, -0.1) is 0 Å². The number of hydrazine groups is 1. The molecule has 0 atom stereocenters. The summed E-state index contributed by atoms with van der Waals surface area (Å²) in [6, 6.07) is 0.253. The van der Waals surface area contributed by atoms with Gasteiger partial charge in [0, 0.05) is 12.5 Å². The Labute approximate surface area is 83.8 Å². The van der Waals surface area contributed by atoms with E-state index in [2.05, 4.69) is 10.9 Å². The molecule has 0 aliphatic heterocycles. The quantitative estimate of drug-likeness (QED) is 0.530. The van der Waals surface area contributed by atoms with E-state index in [1.165, 1.54) is 0 Å². The van der Waals surface area contributed by atoms with E-state index in [0.717, 1.165) is 12.8 Å². The summed E-state index contributed by atoms with van der Waals surface area (Å²) < 4.78 is 0. The van der Waals surface area contributed by atoms with Crippen LogP contribution in [0.15, 0.2) is 0 Å². The standard InChI is InChI=1S/C9H18N2O3/c1-3-7(4-2)10-11-8(12)5-6-9(13)14/h7,10H,3-6H2,1-2H3,(H,11,12)(H,13,14). The molecule has 1 amide bonds. The Kier molecular flexibility index (Phi) is 6.74. The van der Waals surface area contributed by atoms with Gasteiger partial charge in [0.25, 0.3) is 0 Å². The molecule has 0 aromatic heterocycles. The van der Waals surface area contributed by atoms with Crippen molar-refractivity contribution in [1.29, 1.82) is 0 Å². The number of hydrogen-bond donors (Lipinski definition) is 3. The van der Waals surface area contributed by atoms with Crippen LogP contribution >= 0.6 is 0 Å². The molecule has 0 rings (SSSR count). The van der Waals surface area contributed by atoms with Crippen molar-refractivity contribution in [1.82, 2.24) is 10.9 Å². The summed E-state index contributed by atoms with van der Waals surface area (Å²) in [5, 5.41) is 8.33. The van der Waals surface area contributed by atoms with Gasteiger partial charge in [0.05, 0.1) is 6.42 Å². The van der Waals surface area contributed by atoms with E-state index in [9.17, 15) is 9.59 Å². The van der Waals surface area contributed by atoms with E-state index in [1.54, 1.807) is 0 Å². The summed E-state index contributed by atoms with van der Waals surface area (Å²) in [5.41, 5.74) is 5.34. The molecule has 0 aromatic carbocycles. The van der Waals surface area contributed by atoms with Crippen molar-refractivity contribution in [3.63, 3.8) is 0 Å². The molecule has 0 heterocycles. The summed E-state index contributed by atoms with van der Waals surface area (Å²) in [4.78, 5) is 21.2. The van der Waals surface area contributed by atoms with Crippen molar-refractivity contribution in [3.05, 3.63) is 0 Å². The van der Waals surface area contributed by atoms with E-state index < -0.39 is 5.97 Å².